The lowest BCUT2D eigenvalue weighted by Gasteiger charge is -2.28. The Morgan fingerprint density at radius 1 is 1.14 bits per heavy atom. The number of rotatable bonds is 9. The summed E-state index contributed by atoms with van der Waals surface area (Å²) in [6, 6.07) is 13.3. The number of hydrogen-bond donors (Lipinski definition) is 1. The van der Waals surface area contributed by atoms with Gasteiger partial charge >= 0.3 is 0 Å². The van der Waals surface area contributed by atoms with Crippen LogP contribution >= 0.6 is 0 Å². The van der Waals surface area contributed by atoms with E-state index in [1.807, 2.05) is 31.2 Å². The van der Waals surface area contributed by atoms with Crippen molar-refractivity contribution in [3.63, 3.8) is 0 Å². The minimum atomic E-state index is -0.699. The van der Waals surface area contributed by atoms with Crippen LogP contribution in [0.15, 0.2) is 48.5 Å². The summed E-state index contributed by atoms with van der Waals surface area (Å²) in [5, 5.41) is 2.54. The van der Waals surface area contributed by atoms with Crippen molar-refractivity contribution in [2.75, 3.05) is 13.7 Å². The van der Waals surface area contributed by atoms with Crippen LogP contribution in [0.3, 0.4) is 0 Å². The van der Waals surface area contributed by atoms with E-state index in [9.17, 15) is 14.0 Å². The number of hydrogen-bond acceptors (Lipinski definition) is 3. The minimum Gasteiger partial charge on any atom is -0.494 e. The van der Waals surface area contributed by atoms with E-state index in [0.29, 0.717) is 18.6 Å². The van der Waals surface area contributed by atoms with Crippen molar-refractivity contribution in [3.8, 4) is 5.75 Å². The van der Waals surface area contributed by atoms with E-state index in [2.05, 4.69) is 5.32 Å². The van der Waals surface area contributed by atoms with Gasteiger partial charge in [-0.25, -0.2) is 4.39 Å². The van der Waals surface area contributed by atoms with Crippen LogP contribution in [0.25, 0.3) is 0 Å². The molecule has 2 aromatic rings. The number of nitrogens with one attached hydrogen (secondary N) is 1. The second kappa shape index (κ2) is 10.4. The normalized spacial score (nSPS) is 11.6. The Morgan fingerprint density at radius 2 is 1.82 bits per heavy atom. The highest BCUT2D eigenvalue weighted by Crippen LogP contribution is 2.15. The fourth-order valence-corrected chi connectivity index (χ4v) is 2.79. The number of aryl methyl sites for hydroxylation is 1. The summed E-state index contributed by atoms with van der Waals surface area (Å²) < 4.78 is 19.7. The van der Waals surface area contributed by atoms with Gasteiger partial charge < -0.3 is 15.0 Å². The summed E-state index contributed by atoms with van der Waals surface area (Å²) in [4.78, 5) is 26.2. The van der Waals surface area contributed by atoms with E-state index in [4.69, 9.17) is 4.74 Å². The van der Waals surface area contributed by atoms with Gasteiger partial charge in [0.2, 0.25) is 11.8 Å². The molecule has 6 heteroatoms. The van der Waals surface area contributed by atoms with E-state index in [1.54, 1.807) is 25.1 Å². The quantitative estimate of drug-likeness (QED) is 0.672. The zero-order valence-corrected chi connectivity index (χ0v) is 16.6. The molecule has 0 fully saturated rings. The Labute approximate surface area is 165 Å². The molecule has 0 aliphatic heterocycles. The summed E-state index contributed by atoms with van der Waals surface area (Å²) in [7, 11) is 1.51. The second-order valence-electron chi connectivity index (χ2n) is 6.67. The molecule has 0 unspecified atom stereocenters. The fraction of sp³-hybridized carbons (Fsp3) is 0.364. The van der Waals surface area contributed by atoms with Crippen molar-refractivity contribution in [1.29, 1.82) is 0 Å². The highest BCUT2D eigenvalue weighted by atomic mass is 19.1. The molecule has 150 valence electrons. The monoisotopic (exact) mass is 386 g/mol. The third kappa shape index (κ3) is 6.08. The van der Waals surface area contributed by atoms with Crippen LogP contribution in [0, 0.1) is 12.7 Å². The molecule has 0 spiro atoms. The molecular formula is C22H27FN2O3. The van der Waals surface area contributed by atoms with Gasteiger partial charge in [-0.15, -0.1) is 0 Å². The highest BCUT2D eigenvalue weighted by molar-refractivity contribution is 5.87. The van der Waals surface area contributed by atoms with Crippen LogP contribution < -0.4 is 10.1 Å². The van der Waals surface area contributed by atoms with Crippen molar-refractivity contribution in [2.45, 2.75) is 39.3 Å². The molecule has 0 heterocycles. The van der Waals surface area contributed by atoms with Gasteiger partial charge in [0.25, 0.3) is 0 Å². The minimum absolute atomic E-state index is 0.0406. The first-order chi connectivity index (χ1) is 13.4. The predicted molar refractivity (Wildman–Crippen MR) is 106 cm³/mol. The Kier molecular flexibility index (Phi) is 7.99. The van der Waals surface area contributed by atoms with E-state index in [0.717, 1.165) is 11.3 Å². The van der Waals surface area contributed by atoms with Gasteiger partial charge in [-0.3, -0.25) is 9.59 Å². The summed E-state index contributed by atoms with van der Waals surface area (Å²) >= 11 is 0. The Morgan fingerprint density at radius 3 is 2.46 bits per heavy atom. The first-order valence-corrected chi connectivity index (χ1v) is 9.36. The van der Waals surface area contributed by atoms with Crippen molar-refractivity contribution < 1.29 is 18.7 Å². The van der Waals surface area contributed by atoms with E-state index < -0.39 is 11.9 Å². The van der Waals surface area contributed by atoms with Crippen molar-refractivity contribution in [2.24, 2.45) is 0 Å². The van der Waals surface area contributed by atoms with Gasteiger partial charge in [0.15, 0.2) is 0 Å². The first kappa shape index (κ1) is 21.4. The standard InChI is InChI=1S/C22H27FN2O3/c1-16-10-12-19(13-11-16)28-14-6-9-21(26)25(17(2)22(27)24-3)15-18-7-4-5-8-20(18)23/h4-5,7-8,10-13,17H,6,9,14-15H2,1-3H3,(H,24,27)/t17-/m1/s1. The third-order valence-corrected chi connectivity index (χ3v) is 4.54. The van der Waals surface area contributed by atoms with E-state index in [-0.39, 0.29) is 24.8 Å². The zero-order chi connectivity index (χ0) is 20.5. The molecule has 0 aromatic heterocycles. The third-order valence-electron chi connectivity index (χ3n) is 4.54. The Hall–Kier alpha value is -2.89. The molecule has 0 saturated carbocycles. The highest BCUT2D eigenvalue weighted by Gasteiger charge is 2.25. The number of benzene rings is 2. The molecule has 5 nitrogen and oxygen atoms in total. The Bertz CT molecular complexity index is 793. The van der Waals surface area contributed by atoms with Crippen LogP contribution in [0.5, 0.6) is 5.75 Å². The average molecular weight is 386 g/mol. The maximum atomic E-state index is 14.0. The number of amides is 2. The maximum Gasteiger partial charge on any atom is 0.242 e. The molecule has 1 N–H and O–H groups in total. The number of likely N-dealkylation sites (N-methyl/N-ethyl adjacent to an activating group) is 1. The lowest BCUT2D eigenvalue weighted by atomic mass is 10.1. The molecule has 0 saturated heterocycles. The lowest BCUT2D eigenvalue weighted by molar-refractivity contribution is -0.140. The van der Waals surface area contributed by atoms with Crippen molar-refractivity contribution in [3.05, 3.63) is 65.5 Å². The smallest absolute Gasteiger partial charge is 0.242 e. The second-order valence-corrected chi connectivity index (χ2v) is 6.67. The van der Waals surface area contributed by atoms with Gasteiger partial charge in [0, 0.05) is 25.6 Å². The van der Waals surface area contributed by atoms with Crippen LogP contribution in [0.2, 0.25) is 0 Å². The van der Waals surface area contributed by atoms with Gasteiger partial charge in [-0.1, -0.05) is 35.9 Å². The number of carbonyl (C=O) groups excluding carboxylic acids is 2. The summed E-state index contributed by atoms with van der Waals surface area (Å²) in [6.07, 6.45) is 0.711. The summed E-state index contributed by atoms with van der Waals surface area (Å²) in [5.41, 5.74) is 1.53. The van der Waals surface area contributed by atoms with Crippen LogP contribution in [-0.2, 0) is 16.1 Å². The molecule has 28 heavy (non-hydrogen) atoms. The molecule has 2 rings (SSSR count). The molecule has 2 aromatic carbocycles. The fourth-order valence-electron chi connectivity index (χ4n) is 2.79. The van der Waals surface area contributed by atoms with Crippen LogP contribution in [0.1, 0.15) is 30.9 Å². The SMILES string of the molecule is CNC(=O)[C@@H](C)N(Cc1ccccc1F)C(=O)CCCOc1ccc(C)cc1. The average Bonchev–Trinajstić information content (AvgIpc) is 2.70. The van der Waals surface area contributed by atoms with Gasteiger partial charge in [-0.05, 0) is 38.5 Å². The molecule has 0 bridgehead atoms. The molecular weight excluding hydrogens is 359 g/mol. The van der Waals surface area contributed by atoms with Crippen LogP contribution in [-0.4, -0.2) is 36.4 Å². The number of halogens is 1. The molecule has 0 aliphatic rings. The zero-order valence-electron chi connectivity index (χ0n) is 16.6. The summed E-state index contributed by atoms with van der Waals surface area (Å²) in [5.74, 6) is -0.153. The first-order valence-electron chi connectivity index (χ1n) is 9.36. The largest absolute Gasteiger partial charge is 0.494 e. The maximum absolute atomic E-state index is 14.0. The van der Waals surface area contributed by atoms with Gasteiger partial charge in [0.1, 0.15) is 17.6 Å². The van der Waals surface area contributed by atoms with E-state index in [1.165, 1.54) is 18.0 Å². The van der Waals surface area contributed by atoms with Crippen LogP contribution in [0.4, 0.5) is 4.39 Å². The topological polar surface area (TPSA) is 58.6 Å². The number of ether oxygens (including phenoxy) is 1. The van der Waals surface area contributed by atoms with Crippen molar-refractivity contribution in [1.82, 2.24) is 10.2 Å². The molecule has 0 radical (unpaired) electrons. The predicted octanol–water partition coefficient (Wildman–Crippen LogP) is 3.46. The molecule has 1 atom stereocenters. The number of carbonyl (C=O) groups is 2. The van der Waals surface area contributed by atoms with Gasteiger partial charge in [-0.2, -0.15) is 0 Å². The summed E-state index contributed by atoms with van der Waals surface area (Å²) in [6.45, 7) is 4.07. The van der Waals surface area contributed by atoms with Gasteiger partial charge in [0.05, 0.1) is 6.61 Å². The van der Waals surface area contributed by atoms with Crippen molar-refractivity contribution >= 4 is 11.8 Å². The number of nitrogens with zero attached hydrogens (tertiary/aromatic N) is 1. The van der Waals surface area contributed by atoms with E-state index >= 15 is 0 Å². The lowest BCUT2D eigenvalue weighted by Crippen LogP contribution is -2.46. The Balaban J connectivity index is 1.97. The molecule has 2 amide bonds. The molecule has 0 aliphatic carbocycles.